The number of hydrogen-bond acceptors (Lipinski definition) is 1. The van der Waals surface area contributed by atoms with Crippen LogP contribution in [0.25, 0.3) is 0 Å². The van der Waals surface area contributed by atoms with Crippen LogP contribution in [-0.4, -0.2) is 7.11 Å². The van der Waals surface area contributed by atoms with Gasteiger partial charge in [0.1, 0.15) is 0 Å². The van der Waals surface area contributed by atoms with Gasteiger partial charge in [-0.15, -0.1) is 0 Å². The minimum atomic E-state index is -0.834. The zero-order valence-electron chi connectivity index (χ0n) is 11.3. The number of hydrogen-bond donors (Lipinski definition) is 0. The molecule has 2 fully saturated rings. The molecule has 0 amide bonds. The third kappa shape index (κ3) is 2.13. The predicted molar refractivity (Wildman–Crippen MR) is 70.3 cm³/mol. The normalized spacial score (nSPS) is 30.2. The molecule has 0 spiro atoms. The molecule has 2 aliphatic carbocycles. The smallest absolute Gasteiger partial charge is 0.200 e. The molecule has 2 saturated carbocycles. The van der Waals surface area contributed by atoms with Crippen molar-refractivity contribution < 1.29 is 13.5 Å². The highest BCUT2D eigenvalue weighted by Crippen LogP contribution is 2.52. The molecule has 3 heteroatoms. The average molecular weight is 266 g/mol. The Morgan fingerprint density at radius 1 is 1.05 bits per heavy atom. The molecule has 104 valence electrons. The van der Waals surface area contributed by atoms with E-state index in [1.54, 1.807) is 6.07 Å². The van der Waals surface area contributed by atoms with Gasteiger partial charge < -0.3 is 4.74 Å². The molecule has 3 atom stereocenters. The second kappa shape index (κ2) is 5.10. The lowest BCUT2D eigenvalue weighted by atomic mass is 9.76. The Kier molecular flexibility index (Phi) is 3.46. The number of benzene rings is 1. The number of fused-ring (bicyclic) bond motifs is 1. The third-order valence-corrected chi connectivity index (χ3v) is 5.02. The van der Waals surface area contributed by atoms with Crippen LogP contribution in [-0.2, 0) is 0 Å². The topological polar surface area (TPSA) is 9.23 Å². The lowest BCUT2D eigenvalue weighted by molar-refractivity contribution is 0.256. The number of rotatable bonds is 2. The van der Waals surface area contributed by atoms with E-state index in [0.717, 1.165) is 17.9 Å². The van der Waals surface area contributed by atoms with Crippen LogP contribution in [0.3, 0.4) is 0 Å². The molecule has 19 heavy (non-hydrogen) atoms. The van der Waals surface area contributed by atoms with Crippen LogP contribution >= 0.6 is 0 Å². The zero-order valence-corrected chi connectivity index (χ0v) is 11.3. The molecule has 0 heterocycles. The summed E-state index contributed by atoms with van der Waals surface area (Å²) in [6, 6.07) is 2.96. The van der Waals surface area contributed by atoms with Gasteiger partial charge in [-0.25, -0.2) is 4.39 Å². The van der Waals surface area contributed by atoms with Gasteiger partial charge >= 0.3 is 0 Å². The van der Waals surface area contributed by atoms with Crippen molar-refractivity contribution in [2.24, 2.45) is 11.8 Å². The Balaban J connectivity index is 1.96. The lowest BCUT2D eigenvalue weighted by Gasteiger charge is -2.30. The van der Waals surface area contributed by atoms with E-state index in [0.29, 0.717) is 11.8 Å². The summed E-state index contributed by atoms with van der Waals surface area (Å²) in [5.74, 6) is 0.216. The molecule has 0 aliphatic heterocycles. The summed E-state index contributed by atoms with van der Waals surface area (Å²) < 4.78 is 32.3. The molecule has 2 aliphatic rings. The molecule has 1 aromatic rings. The quantitative estimate of drug-likeness (QED) is 0.756. The van der Waals surface area contributed by atoms with E-state index < -0.39 is 11.6 Å². The fourth-order valence-electron chi connectivity index (χ4n) is 4.16. The van der Waals surface area contributed by atoms with Crippen LogP contribution in [0.5, 0.6) is 5.75 Å². The predicted octanol–water partition coefficient (Wildman–Crippen LogP) is 4.66. The number of ether oxygens (including phenoxy) is 1. The molecule has 0 aromatic heterocycles. The highest BCUT2D eigenvalue weighted by molar-refractivity contribution is 5.39. The molecular weight excluding hydrogens is 246 g/mol. The largest absolute Gasteiger partial charge is 0.493 e. The molecular formula is C16H20F2O. The van der Waals surface area contributed by atoms with Gasteiger partial charge in [-0.05, 0) is 43.1 Å². The maximum atomic E-state index is 13.8. The van der Waals surface area contributed by atoms with Crippen molar-refractivity contribution in [3.63, 3.8) is 0 Å². The molecule has 1 aromatic carbocycles. The fourth-order valence-corrected chi connectivity index (χ4v) is 4.16. The summed E-state index contributed by atoms with van der Waals surface area (Å²) in [6.07, 6.45) is 7.41. The van der Waals surface area contributed by atoms with Gasteiger partial charge in [0.25, 0.3) is 0 Å². The van der Waals surface area contributed by atoms with Crippen LogP contribution in [0.2, 0.25) is 0 Å². The van der Waals surface area contributed by atoms with E-state index in [1.807, 2.05) is 0 Å². The first-order chi connectivity index (χ1) is 9.22. The first kappa shape index (κ1) is 12.9. The standard InChI is InChI=1S/C16H20F2O/c1-19-16-13(8-9-14(17)15(16)18)12-7-6-10-4-2-3-5-11(10)12/h8-12H,2-7H2,1H3/t10-,11-,12?/m0/s1. The van der Waals surface area contributed by atoms with Crippen molar-refractivity contribution in [1.82, 2.24) is 0 Å². The highest BCUT2D eigenvalue weighted by Gasteiger charge is 2.39. The fraction of sp³-hybridized carbons (Fsp3) is 0.625. The maximum Gasteiger partial charge on any atom is 0.200 e. The zero-order chi connectivity index (χ0) is 13.4. The maximum absolute atomic E-state index is 13.8. The first-order valence-electron chi connectivity index (χ1n) is 7.24. The average Bonchev–Trinajstić information content (AvgIpc) is 2.85. The molecule has 0 radical (unpaired) electrons. The van der Waals surface area contributed by atoms with Crippen LogP contribution in [0.4, 0.5) is 8.78 Å². The van der Waals surface area contributed by atoms with Gasteiger partial charge in [0.15, 0.2) is 11.6 Å². The van der Waals surface area contributed by atoms with E-state index in [9.17, 15) is 8.78 Å². The van der Waals surface area contributed by atoms with Crippen molar-refractivity contribution in [2.45, 2.75) is 44.4 Å². The van der Waals surface area contributed by atoms with Crippen molar-refractivity contribution in [1.29, 1.82) is 0 Å². The number of methoxy groups -OCH3 is 1. The molecule has 3 rings (SSSR count). The van der Waals surface area contributed by atoms with Crippen LogP contribution < -0.4 is 4.74 Å². The van der Waals surface area contributed by atoms with Crippen molar-refractivity contribution in [3.8, 4) is 5.75 Å². The van der Waals surface area contributed by atoms with Crippen molar-refractivity contribution in [2.75, 3.05) is 7.11 Å². The molecule has 0 bridgehead atoms. The molecule has 1 unspecified atom stereocenters. The Bertz CT molecular complexity index is 472. The van der Waals surface area contributed by atoms with Gasteiger partial charge in [0, 0.05) is 5.56 Å². The summed E-state index contributed by atoms with van der Waals surface area (Å²) in [7, 11) is 1.43. The van der Waals surface area contributed by atoms with E-state index in [2.05, 4.69) is 0 Å². The van der Waals surface area contributed by atoms with E-state index in [4.69, 9.17) is 4.74 Å². The monoisotopic (exact) mass is 266 g/mol. The van der Waals surface area contributed by atoms with Gasteiger partial charge in [0.2, 0.25) is 5.82 Å². The van der Waals surface area contributed by atoms with E-state index >= 15 is 0 Å². The Labute approximate surface area is 113 Å². The van der Waals surface area contributed by atoms with Crippen LogP contribution in [0, 0.1) is 23.5 Å². The van der Waals surface area contributed by atoms with Gasteiger partial charge in [0.05, 0.1) is 7.11 Å². The summed E-state index contributed by atoms with van der Waals surface area (Å²) in [5.41, 5.74) is 0.871. The second-order valence-electron chi connectivity index (χ2n) is 5.88. The minimum absolute atomic E-state index is 0.122. The summed E-state index contributed by atoms with van der Waals surface area (Å²) >= 11 is 0. The third-order valence-electron chi connectivity index (χ3n) is 5.02. The molecule has 1 nitrogen and oxygen atoms in total. The van der Waals surface area contributed by atoms with Gasteiger partial charge in [-0.3, -0.25) is 0 Å². The van der Waals surface area contributed by atoms with Crippen LogP contribution in [0.1, 0.15) is 50.0 Å². The minimum Gasteiger partial charge on any atom is -0.493 e. The van der Waals surface area contributed by atoms with E-state index in [1.165, 1.54) is 45.3 Å². The van der Waals surface area contributed by atoms with Crippen molar-refractivity contribution >= 4 is 0 Å². The lowest BCUT2D eigenvalue weighted by Crippen LogP contribution is -2.18. The van der Waals surface area contributed by atoms with Gasteiger partial charge in [-0.2, -0.15) is 4.39 Å². The Morgan fingerprint density at radius 3 is 2.63 bits per heavy atom. The second-order valence-corrected chi connectivity index (χ2v) is 5.88. The summed E-state index contributed by atoms with van der Waals surface area (Å²) in [4.78, 5) is 0. The highest BCUT2D eigenvalue weighted by atomic mass is 19.2. The number of halogens is 2. The summed E-state index contributed by atoms with van der Waals surface area (Å²) in [5, 5.41) is 0. The first-order valence-corrected chi connectivity index (χ1v) is 7.24. The molecule has 0 N–H and O–H groups in total. The van der Waals surface area contributed by atoms with E-state index in [-0.39, 0.29) is 5.75 Å². The van der Waals surface area contributed by atoms with Gasteiger partial charge in [-0.1, -0.05) is 25.3 Å². The SMILES string of the molecule is COc1c(C2CC[C@@H]3CCCC[C@H]23)ccc(F)c1F. The Morgan fingerprint density at radius 2 is 1.84 bits per heavy atom. The van der Waals surface area contributed by atoms with Crippen molar-refractivity contribution in [3.05, 3.63) is 29.3 Å². The molecule has 0 saturated heterocycles. The summed E-state index contributed by atoms with van der Waals surface area (Å²) in [6.45, 7) is 0. The van der Waals surface area contributed by atoms with Crippen LogP contribution in [0.15, 0.2) is 12.1 Å². The Hall–Kier alpha value is -1.12.